The van der Waals surface area contributed by atoms with E-state index in [4.69, 9.17) is 8.94 Å². The second kappa shape index (κ2) is 8.86. The van der Waals surface area contributed by atoms with E-state index in [0.717, 1.165) is 56.7 Å². The summed E-state index contributed by atoms with van der Waals surface area (Å²) in [5, 5.41) is 17.5. The number of rotatable bonds is 6. The molecule has 142 valence electrons. The third-order valence-corrected chi connectivity index (χ3v) is 4.35. The first kappa shape index (κ1) is 18.5. The van der Waals surface area contributed by atoms with Gasteiger partial charge in [-0.1, -0.05) is 5.16 Å². The lowest BCUT2D eigenvalue weighted by Crippen LogP contribution is -2.52. The predicted molar refractivity (Wildman–Crippen MR) is 97.7 cm³/mol. The van der Waals surface area contributed by atoms with Gasteiger partial charge in [0.15, 0.2) is 5.96 Å². The van der Waals surface area contributed by atoms with E-state index in [1.165, 1.54) is 0 Å². The van der Waals surface area contributed by atoms with Gasteiger partial charge in [0.2, 0.25) is 0 Å². The second-order valence-corrected chi connectivity index (χ2v) is 6.42. The van der Waals surface area contributed by atoms with Crippen LogP contribution in [0.3, 0.4) is 0 Å². The maximum absolute atomic E-state index is 10.2. The molecule has 0 aromatic carbocycles. The van der Waals surface area contributed by atoms with Crippen LogP contribution < -0.4 is 5.32 Å². The van der Waals surface area contributed by atoms with Crippen molar-refractivity contribution in [3.63, 3.8) is 0 Å². The van der Waals surface area contributed by atoms with E-state index in [1.54, 1.807) is 18.4 Å². The average molecular weight is 361 g/mol. The predicted octanol–water partition coefficient (Wildman–Crippen LogP) is 1.39. The number of aliphatic hydroxyl groups excluding tert-OH is 1. The van der Waals surface area contributed by atoms with E-state index in [-0.39, 0.29) is 6.54 Å². The molecule has 1 atom stereocenters. The lowest BCUT2D eigenvalue weighted by Gasteiger charge is -2.36. The Labute approximate surface area is 153 Å². The smallest absolute Gasteiger partial charge is 0.194 e. The van der Waals surface area contributed by atoms with Crippen LogP contribution in [0.1, 0.15) is 30.2 Å². The van der Waals surface area contributed by atoms with Gasteiger partial charge in [0.1, 0.15) is 17.6 Å². The number of hydrogen-bond acceptors (Lipinski definition) is 6. The van der Waals surface area contributed by atoms with Gasteiger partial charge in [0, 0.05) is 45.3 Å². The number of nitrogens with one attached hydrogen (secondary N) is 1. The summed E-state index contributed by atoms with van der Waals surface area (Å²) in [7, 11) is 0. The van der Waals surface area contributed by atoms with Crippen molar-refractivity contribution >= 4 is 5.96 Å². The Bertz CT molecular complexity index is 690. The molecule has 2 aromatic rings. The summed E-state index contributed by atoms with van der Waals surface area (Å²) in [6, 6.07) is 5.51. The van der Waals surface area contributed by atoms with Gasteiger partial charge in [0.05, 0.1) is 18.5 Å². The van der Waals surface area contributed by atoms with E-state index < -0.39 is 6.10 Å². The zero-order chi connectivity index (χ0) is 18.4. The molecule has 1 aliphatic rings. The van der Waals surface area contributed by atoms with Gasteiger partial charge in [-0.2, -0.15) is 0 Å². The quantitative estimate of drug-likeness (QED) is 0.593. The number of furan rings is 1. The topological polar surface area (TPSA) is 90.3 Å². The van der Waals surface area contributed by atoms with Crippen molar-refractivity contribution in [3.05, 3.63) is 41.7 Å². The minimum Gasteiger partial charge on any atom is -0.467 e. The van der Waals surface area contributed by atoms with E-state index in [0.29, 0.717) is 5.76 Å². The largest absolute Gasteiger partial charge is 0.467 e. The van der Waals surface area contributed by atoms with Crippen molar-refractivity contribution in [2.45, 2.75) is 26.5 Å². The molecule has 1 unspecified atom stereocenters. The fourth-order valence-corrected chi connectivity index (χ4v) is 3.01. The SMILES string of the molecule is CCNC(=NCC(O)c1ccco1)N1CCN(Cc2cc(C)on2)CC1. The zero-order valence-corrected chi connectivity index (χ0v) is 15.4. The highest BCUT2D eigenvalue weighted by molar-refractivity contribution is 5.80. The molecule has 2 aromatic heterocycles. The Kier molecular flexibility index (Phi) is 6.30. The highest BCUT2D eigenvalue weighted by Gasteiger charge is 2.21. The summed E-state index contributed by atoms with van der Waals surface area (Å²) in [6.07, 6.45) is 0.832. The summed E-state index contributed by atoms with van der Waals surface area (Å²) in [5.41, 5.74) is 0.970. The maximum atomic E-state index is 10.2. The summed E-state index contributed by atoms with van der Waals surface area (Å²) >= 11 is 0. The molecule has 1 aliphatic heterocycles. The minimum absolute atomic E-state index is 0.272. The lowest BCUT2D eigenvalue weighted by molar-refractivity contribution is 0.154. The second-order valence-electron chi connectivity index (χ2n) is 6.42. The van der Waals surface area contributed by atoms with Gasteiger partial charge in [-0.3, -0.25) is 4.90 Å². The molecule has 0 radical (unpaired) electrons. The van der Waals surface area contributed by atoms with E-state index in [9.17, 15) is 5.11 Å². The first-order valence-electron chi connectivity index (χ1n) is 9.05. The van der Waals surface area contributed by atoms with Gasteiger partial charge in [0.25, 0.3) is 0 Å². The van der Waals surface area contributed by atoms with Crippen LogP contribution >= 0.6 is 0 Å². The minimum atomic E-state index is -0.727. The van der Waals surface area contributed by atoms with Crippen LogP contribution in [-0.2, 0) is 6.54 Å². The molecule has 0 amide bonds. The maximum Gasteiger partial charge on any atom is 0.194 e. The molecule has 1 fully saturated rings. The Morgan fingerprint density at radius 1 is 1.38 bits per heavy atom. The van der Waals surface area contributed by atoms with Crippen molar-refractivity contribution in [2.24, 2.45) is 4.99 Å². The molecule has 8 nitrogen and oxygen atoms in total. The van der Waals surface area contributed by atoms with Crippen molar-refractivity contribution in [2.75, 3.05) is 39.3 Å². The molecular weight excluding hydrogens is 334 g/mol. The number of aryl methyl sites for hydroxylation is 1. The molecule has 0 bridgehead atoms. The monoisotopic (exact) mass is 361 g/mol. The third-order valence-electron chi connectivity index (χ3n) is 4.35. The number of hydrogen-bond donors (Lipinski definition) is 2. The number of aromatic nitrogens is 1. The first-order chi connectivity index (χ1) is 12.7. The third kappa shape index (κ3) is 4.86. The van der Waals surface area contributed by atoms with Crippen LogP contribution in [-0.4, -0.2) is 65.3 Å². The molecule has 26 heavy (non-hydrogen) atoms. The molecule has 3 heterocycles. The molecular formula is C18H27N5O3. The van der Waals surface area contributed by atoms with Gasteiger partial charge in [-0.15, -0.1) is 0 Å². The standard InChI is InChI=1S/C18H27N5O3/c1-3-19-18(20-12-16(24)17-5-4-10-25-17)23-8-6-22(7-9-23)13-15-11-14(2)26-21-15/h4-5,10-11,16,24H,3,6-9,12-13H2,1-2H3,(H,19,20). The van der Waals surface area contributed by atoms with Crippen LogP contribution in [0.15, 0.2) is 38.4 Å². The number of aliphatic hydroxyl groups is 1. The van der Waals surface area contributed by atoms with Crippen LogP contribution in [0, 0.1) is 6.92 Å². The van der Waals surface area contributed by atoms with E-state index in [1.807, 2.05) is 19.9 Å². The Morgan fingerprint density at radius 2 is 2.19 bits per heavy atom. The fourth-order valence-electron chi connectivity index (χ4n) is 3.01. The molecule has 0 spiro atoms. The van der Waals surface area contributed by atoms with Crippen molar-refractivity contribution < 1.29 is 14.0 Å². The summed E-state index contributed by atoms with van der Waals surface area (Å²) < 4.78 is 10.4. The summed E-state index contributed by atoms with van der Waals surface area (Å²) in [4.78, 5) is 9.16. The molecule has 0 aliphatic carbocycles. The van der Waals surface area contributed by atoms with E-state index >= 15 is 0 Å². The highest BCUT2D eigenvalue weighted by atomic mass is 16.5. The van der Waals surface area contributed by atoms with Gasteiger partial charge in [-0.05, 0) is 26.0 Å². The zero-order valence-electron chi connectivity index (χ0n) is 15.4. The average Bonchev–Trinajstić information content (AvgIpc) is 3.31. The molecule has 2 N–H and O–H groups in total. The molecule has 1 saturated heterocycles. The van der Waals surface area contributed by atoms with Crippen molar-refractivity contribution in [3.8, 4) is 0 Å². The Hall–Kier alpha value is -2.32. The van der Waals surface area contributed by atoms with Gasteiger partial charge in [-0.25, -0.2) is 4.99 Å². The lowest BCUT2D eigenvalue weighted by atomic mass is 10.2. The Morgan fingerprint density at radius 3 is 2.81 bits per heavy atom. The molecule has 0 saturated carbocycles. The van der Waals surface area contributed by atoms with Crippen LogP contribution in [0.5, 0.6) is 0 Å². The Balaban J connectivity index is 1.53. The number of guanidine groups is 1. The van der Waals surface area contributed by atoms with E-state index in [2.05, 4.69) is 25.3 Å². The van der Waals surface area contributed by atoms with Crippen LogP contribution in [0.25, 0.3) is 0 Å². The number of nitrogens with zero attached hydrogens (tertiary/aromatic N) is 4. The summed E-state index contributed by atoms with van der Waals surface area (Å²) in [5.74, 6) is 2.21. The fraction of sp³-hybridized carbons (Fsp3) is 0.556. The molecule has 3 rings (SSSR count). The number of aliphatic imine (C=N–C) groups is 1. The van der Waals surface area contributed by atoms with Gasteiger partial charge < -0.3 is 24.3 Å². The van der Waals surface area contributed by atoms with Crippen molar-refractivity contribution in [1.29, 1.82) is 0 Å². The highest BCUT2D eigenvalue weighted by Crippen LogP contribution is 2.14. The normalized spacial score (nSPS) is 17.5. The molecule has 8 heteroatoms. The summed E-state index contributed by atoms with van der Waals surface area (Å²) in [6.45, 7) is 9.41. The van der Waals surface area contributed by atoms with Crippen LogP contribution in [0.4, 0.5) is 0 Å². The van der Waals surface area contributed by atoms with Gasteiger partial charge >= 0.3 is 0 Å². The van der Waals surface area contributed by atoms with Crippen molar-refractivity contribution in [1.82, 2.24) is 20.3 Å². The number of piperazine rings is 1. The first-order valence-corrected chi connectivity index (χ1v) is 9.05. The van der Waals surface area contributed by atoms with Crippen LogP contribution in [0.2, 0.25) is 0 Å².